The quantitative estimate of drug-likeness (QED) is 0.831. The van der Waals surface area contributed by atoms with Crippen molar-refractivity contribution in [3.63, 3.8) is 0 Å². The summed E-state index contributed by atoms with van der Waals surface area (Å²) in [6.07, 6.45) is 0. The third kappa shape index (κ3) is 2.26. The van der Waals surface area contributed by atoms with Crippen LogP contribution in [0.15, 0.2) is 18.2 Å². The minimum Gasteiger partial charge on any atom is -0.507 e. The number of nitrogens with one attached hydrogen (secondary N) is 1. The highest BCUT2D eigenvalue weighted by Crippen LogP contribution is 2.25. The van der Waals surface area contributed by atoms with Crippen LogP contribution in [0.1, 0.15) is 17.3 Å². The summed E-state index contributed by atoms with van der Waals surface area (Å²) in [6.45, 7) is 4.21. The molecule has 1 saturated heterocycles. The number of ether oxygens (including phenoxy) is 1. The smallest absolute Gasteiger partial charge is 0.257 e. The number of likely N-dealkylation sites (N-methyl/N-ethyl adjacent to an activating group) is 1. The predicted octanol–water partition coefficient (Wildman–Crippen LogP) is 0.835. The average Bonchev–Trinajstić information content (AvgIpc) is 2.32. The first-order chi connectivity index (χ1) is 8.67. The molecule has 1 amide bonds. The average molecular weight is 250 g/mol. The van der Waals surface area contributed by atoms with Gasteiger partial charge in [0.2, 0.25) is 0 Å². The molecule has 1 fully saturated rings. The highest BCUT2D eigenvalue weighted by molar-refractivity contribution is 5.97. The van der Waals surface area contributed by atoms with Gasteiger partial charge in [0.05, 0.1) is 18.7 Å². The largest absolute Gasteiger partial charge is 0.507 e. The Bertz CT molecular complexity index is 444. The topological polar surface area (TPSA) is 61.8 Å². The molecular weight excluding hydrogens is 232 g/mol. The third-order valence-electron chi connectivity index (χ3n) is 3.24. The lowest BCUT2D eigenvalue weighted by Gasteiger charge is -2.37. The van der Waals surface area contributed by atoms with Gasteiger partial charge in [-0.3, -0.25) is 4.79 Å². The molecule has 5 nitrogen and oxygen atoms in total. The fourth-order valence-electron chi connectivity index (χ4n) is 2.04. The lowest BCUT2D eigenvalue weighted by Crippen LogP contribution is -2.58. The predicted molar refractivity (Wildman–Crippen MR) is 68.0 cm³/mol. The molecular formula is C13H18N2O3. The van der Waals surface area contributed by atoms with E-state index in [4.69, 9.17) is 4.74 Å². The summed E-state index contributed by atoms with van der Waals surface area (Å²) in [5.41, 5.74) is 0.324. The van der Waals surface area contributed by atoms with Gasteiger partial charge in [0.15, 0.2) is 0 Å². The minimum absolute atomic E-state index is 0.0370. The lowest BCUT2D eigenvalue weighted by molar-refractivity contribution is 0.0627. The normalized spacial score (nSPS) is 15.0. The van der Waals surface area contributed by atoms with Crippen molar-refractivity contribution in [1.29, 1.82) is 0 Å². The first-order valence-electron chi connectivity index (χ1n) is 6.06. The molecule has 0 aliphatic carbocycles. The molecule has 5 heteroatoms. The summed E-state index contributed by atoms with van der Waals surface area (Å²) in [4.78, 5) is 14.1. The molecule has 1 aromatic rings. The van der Waals surface area contributed by atoms with Gasteiger partial charge in [-0.15, -0.1) is 0 Å². The summed E-state index contributed by atoms with van der Waals surface area (Å²) in [5.74, 6) is 0.367. The Hall–Kier alpha value is -1.75. The molecule has 1 heterocycles. The molecule has 2 rings (SSSR count). The number of amides is 1. The van der Waals surface area contributed by atoms with Crippen LogP contribution >= 0.6 is 0 Å². The SMILES string of the molecule is CCN(C(=O)c1ccc(OC)cc1O)C1CNC1. The van der Waals surface area contributed by atoms with Crippen LogP contribution in [-0.4, -0.2) is 48.7 Å². The number of hydrogen-bond acceptors (Lipinski definition) is 4. The third-order valence-corrected chi connectivity index (χ3v) is 3.24. The standard InChI is InChI=1S/C13H18N2O3/c1-3-15(9-7-14-8-9)13(17)11-5-4-10(18-2)6-12(11)16/h4-6,9,14,16H,3,7-8H2,1-2H3. The molecule has 0 saturated carbocycles. The number of aromatic hydroxyl groups is 1. The zero-order valence-electron chi connectivity index (χ0n) is 10.6. The van der Waals surface area contributed by atoms with Crippen LogP contribution in [0.2, 0.25) is 0 Å². The van der Waals surface area contributed by atoms with Crippen LogP contribution in [0.25, 0.3) is 0 Å². The molecule has 2 N–H and O–H groups in total. The first kappa shape index (κ1) is 12.7. The van der Waals surface area contributed by atoms with Crippen LogP contribution in [0.3, 0.4) is 0 Å². The van der Waals surface area contributed by atoms with Crippen LogP contribution in [0.5, 0.6) is 11.5 Å². The second-order valence-electron chi connectivity index (χ2n) is 4.29. The van der Waals surface area contributed by atoms with Gasteiger partial charge in [-0.2, -0.15) is 0 Å². The van der Waals surface area contributed by atoms with Gasteiger partial charge in [0, 0.05) is 25.7 Å². The summed E-state index contributed by atoms with van der Waals surface area (Å²) < 4.78 is 5.00. The fraction of sp³-hybridized carbons (Fsp3) is 0.462. The Kier molecular flexibility index (Phi) is 3.72. The highest BCUT2D eigenvalue weighted by Gasteiger charge is 2.29. The second-order valence-corrected chi connectivity index (χ2v) is 4.29. The van der Waals surface area contributed by atoms with E-state index in [2.05, 4.69) is 5.32 Å². The van der Waals surface area contributed by atoms with Crippen molar-refractivity contribution in [2.24, 2.45) is 0 Å². The fourth-order valence-corrected chi connectivity index (χ4v) is 2.04. The van der Waals surface area contributed by atoms with Crippen molar-refractivity contribution < 1.29 is 14.6 Å². The molecule has 0 spiro atoms. The molecule has 18 heavy (non-hydrogen) atoms. The summed E-state index contributed by atoms with van der Waals surface area (Å²) in [6, 6.07) is 4.97. The second kappa shape index (κ2) is 5.27. The number of hydrogen-bond donors (Lipinski definition) is 2. The van der Waals surface area contributed by atoms with Crippen LogP contribution < -0.4 is 10.1 Å². The maximum atomic E-state index is 12.3. The van der Waals surface area contributed by atoms with E-state index in [1.54, 1.807) is 17.0 Å². The minimum atomic E-state index is -0.135. The number of methoxy groups -OCH3 is 1. The first-order valence-corrected chi connectivity index (χ1v) is 6.06. The molecule has 98 valence electrons. The molecule has 1 aliphatic rings. The van der Waals surface area contributed by atoms with E-state index in [0.29, 0.717) is 17.9 Å². The van der Waals surface area contributed by atoms with Crippen molar-refractivity contribution in [1.82, 2.24) is 10.2 Å². The van der Waals surface area contributed by atoms with Gasteiger partial charge in [0.25, 0.3) is 5.91 Å². The molecule has 0 bridgehead atoms. The molecule has 1 aromatic carbocycles. The van der Waals surface area contributed by atoms with Crippen molar-refractivity contribution in [2.45, 2.75) is 13.0 Å². The van der Waals surface area contributed by atoms with Gasteiger partial charge < -0.3 is 20.1 Å². The van der Waals surface area contributed by atoms with E-state index >= 15 is 0 Å². The molecule has 0 atom stereocenters. The number of carbonyl (C=O) groups is 1. The lowest BCUT2D eigenvalue weighted by atomic mass is 10.1. The van der Waals surface area contributed by atoms with Gasteiger partial charge in [-0.05, 0) is 19.1 Å². The van der Waals surface area contributed by atoms with Crippen molar-refractivity contribution in [3.05, 3.63) is 23.8 Å². The maximum absolute atomic E-state index is 12.3. The van der Waals surface area contributed by atoms with E-state index in [0.717, 1.165) is 13.1 Å². The number of carbonyl (C=O) groups excluding carboxylic acids is 1. The van der Waals surface area contributed by atoms with Gasteiger partial charge >= 0.3 is 0 Å². The zero-order valence-corrected chi connectivity index (χ0v) is 10.6. The van der Waals surface area contributed by atoms with E-state index in [1.807, 2.05) is 6.92 Å². The van der Waals surface area contributed by atoms with Crippen LogP contribution in [0.4, 0.5) is 0 Å². The summed E-state index contributed by atoms with van der Waals surface area (Å²) in [5, 5.41) is 13.0. The van der Waals surface area contributed by atoms with Crippen molar-refractivity contribution in [2.75, 3.05) is 26.7 Å². The molecule has 0 aromatic heterocycles. The van der Waals surface area contributed by atoms with Crippen LogP contribution in [-0.2, 0) is 0 Å². The van der Waals surface area contributed by atoms with Crippen LogP contribution in [0, 0.1) is 0 Å². The molecule has 0 radical (unpaired) electrons. The Morgan fingerprint density at radius 3 is 2.72 bits per heavy atom. The maximum Gasteiger partial charge on any atom is 0.257 e. The van der Waals surface area contributed by atoms with Gasteiger partial charge in [0.1, 0.15) is 11.5 Å². The number of nitrogens with zero attached hydrogens (tertiary/aromatic N) is 1. The number of rotatable bonds is 4. The number of benzene rings is 1. The van der Waals surface area contributed by atoms with Gasteiger partial charge in [-0.1, -0.05) is 0 Å². The van der Waals surface area contributed by atoms with E-state index in [-0.39, 0.29) is 17.7 Å². The Morgan fingerprint density at radius 2 is 2.28 bits per heavy atom. The number of phenols is 1. The number of phenolic OH excluding ortho intramolecular Hbond substituents is 1. The monoisotopic (exact) mass is 250 g/mol. The molecule has 1 aliphatic heterocycles. The Labute approximate surface area is 106 Å². The van der Waals surface area contributed by atoms with Crippen molar-refractivity contribution >= 4 is 5.91 Å². The van der Waals surface area contributed by atoms with E-state index in [1.165, 1.54) is 13.2 Å². The Morgan fingerprint density at radius 1 is 1.56 bits per heavy atom. The van der Waals surface area contributed by atoms with Crippen molar-refractivity contribution in [3.8, 4) is 11.5 Å². The summed E-state index contributed by atoms with van der Waals surface area (Å²) in [7, 11) is 1.52. The highest BCUT2D eigenvalue weighted by atomic mass is 16.5. The Balaban J connectivity index is 2.21. The zero-order chi connectivity index (χ0) is 13.1. The summed E-state index contributed by atoms with van der Waals surface area (Å²) >= 11 is 0. The van der Waals surface area contributed by atoms with Gasteiger partial charge in [-0.25, -0.2) is 0 Å². The van der Waals surface area contributed by atoms with E-state index in [9.17, 15) is 9.90 Å². The molecule has 0 unspecified atom stereocenters. The van der Waals surface area contributed by atoms with E-state index < -0.39 is 0 Å².